The summed E-state index contributed by atoms with van der Waals surface area (Å²) in [7, 11) is -2.48. The molecule has 152 valence electrons. The average molecular weight is 445 g/mol. The van der Waals surface area contributed by atoms with E-state index < -0.39 is 15.9 Å². The Bertz CT molecular complexity index is 892. The molecule has 2 rings (SSSR count). The molecule has 9 heteroatoms. The minimum Gasteiger partial charge on any atom is -0.385 e. The number of methoxy groups -OCH3 is 1. The van der Waals surface area contributed by atoms with Gasteiger partial charge in [0.05, 0.1) is 11.6 Å². The van der Waals surface area contributed by atoms with Crippen LogP contribution in [-0.4, -0.2) is 45.4 Å². The number of nitrogens with one attached hydrogen (secondary N) is 1. The summed E-state index contributed by atoms with van der Waals surface area (Å²) in [5.41, 5.74) is 0.747. The minimum atomic E-state index is -4.05. The molecule has 6 nitrogen and oxygen atoms in total. The van der Waals surface area contributed by atoms with Crippen LogP contribution in [-0.2, 0) is 26.1 Å². The number of carbonyl (C=O) groups excluding carboxylic acids is 1. The Balaban J connectivity index is 2.26. The van der Waals surface area contributed by atoms with Crippen LogP contribution in [0.4, 0.5) is 0 Å². The first-order chi connectivity index (χ1) is 13.3. The zero-order valence-corrected chi connectivity index (χ0v) is 17.7. The van der Waals surface area contributed by atoms with E-state index in [4.69, 9.17) is 27.9 Å². The molecule has 0 saturated heterocycles. The van der Waals surface area contributed by atoms with Crippen molar-refractivity contribution >= 4 is 39.1 Å². The van der Waals surface area contributed by atoms with Gasteiger partial charge in [0.25, 0.3) is 0 Å². The fourth-order valence-electron chi connectivity index (χ4n) is 2.49. The molecule has 0 radical (unpaired) electrons. The summed E-state index contributed by atoms with van der Waals surface area (Å²) < 4.78 is 32.4. The summed E-state index contributed by atoms with van der Waals surface area (Å²) in [4.78, 5) is 12.2. The van der Waals surface area contributed by atoms with Gasteiger partial charge in [-0.25, -0.2) is 8.42 Å². The Morgan fingerprint density at radius 2 is 1.86 bits per heavy atom. The highest BCUT2D eigenvalue weighted by atomic mass is 35.5. The molecule has 0 fully saturated rings. The number of halogens is 2. The lowest BCUT2D eigenvalue weighted by molar-refractivity contribution is -0.121. The van der Waals surface area contributed by atoms with Gasteiger partial charge in [0, 0.05) is 31.8 Å². The molecule has 0 aliphatic rings. The second kappa shape index (κ2) is 10.8. The van der Waals surface area contributed by atoms with Gasteiger partial charge >= 0.3 is 0 Å². The molecule has 0 unspecified atom stereocenters. The summed E-state index contributed by atoms with van der Waals surface area (Å²) in [6.45, 7) is 0.582. The zero-order valence-electron chi connectivity index (χ0n) is 15.4. The first-order valence-corrected chi connectivity index (χ1v) is 10.8. The molecule has 2 aromatic carbocycles. The zero-order chi connectivity index (χ0) is 20.6. The van der Waals surface area contributed by atoms with Gasteiger partial charge < -0.3 is 10.1 Å². The summed E-state index contributed by atoms with van der Waals surface area (Å²) in [5.74, 6) is -0.409. The van der Waals surface area contributed by atoms with E-state index >= 15 is 0 Å². The van der Waals surface area contributed by atoms with E-state index in [1.165, 1.54) is 18.2 Å². The molecule has 2 aromatic rings. The predicted molar refractivity (Wildman–Crippen MR) is 110 cm³/mol. The Kier molecular flexibility index (Phi) is 8.72. The SMILES string of the molecule is COCCCNC(=O)CN(Cc1ccccc1)S(=O)(=O)c1cc(Cl)ccc1Cl. The van der Waals surface area contributed by atoms with E-state index in [0.717, 1.165) is 9.87 Å². The first kappa shape index (κ1) is 22.6. The maximum Gasteiger partial charge on any atom is 0.245 e. The van der Waals surface area contributed by atoms with Crippen molar-refractivity contribution in [2.75, 3.05) is 26.8 Å². The third-order valence-electron chi connectivity index (χ3n) is 3.88. The molecule has 0 bridgehead atoms. The smallest absolute Gasteiger partial charge is 0.245 e. The van der Waals surface area contributed by atoms with Crippen LogP contribution in [0.3, 0.4) is 0 Å². The van der Waals surface area contributed by atoms with Crippen molar-refractivity contribution in [1.82, 2.24) is 9.62 Å². The molecule has 0 atom stereocenters. The van der Waals surface area contributed by atoms with E-state index in [2.05, 4.69) is 5.32 Å². The van der Waals surface area contributed by atoms with Crippen molar-refractivity contribution in [3.05, 3.63) is 64.1 Å². The van der Waals surface area contributed by atoms with Crippen LogP contribution in [0.1, 0.15) is 12.0 Å². The van der Waals surface area contributed by atoms with Crippen molar-refractivity contribution in [1.29, 1.82) is 0 Å². The minimum absolute atomic E-state index is 0.0253. The molecule has 0 spiro atoms. The van der Waals surface area contributed by atoms with Gasteiger partial charge in [-0.3, -0.25) is 4.79 Å². The van der Waals surface area contributed by atoms with Crippen LogP contribution in [0.5, 0.6) is 0 Å². The molecular formula is C19H22Cl2N2O4S. The fraction of sp³-hybridized carbons (Fsp3) is 0.316. The summed E-state index contributed by atoms with van der Waals surface area (Å²) >= 11 is 12.1. The van der Waals surface area contributed by atoms with Gasteiger partial charge in [-0.1, -0.05) is 53.5 Å². The molecule has 0 saturated carbocycles. The number of carbonyl (C=O) groups is 1. The van der Waals surface area contributed by atoms with E-state index in [0.29, 0.717) is 19.6 Å². The third-order valence-corrected chi connectivity index (χ3v) is 6.39. The van der Waals surface area contributed by atoms with Crippen LogP contribution >= 0.6 is 23.2 Å². The Morgan fingerprint density at radius 1 is 1.14 bits per heavy atom. The number of hydrogen-bond acceptors (Lipinski definition) is 4. The fourth-order valence-corrected chi connectivity index (χ4v) is 4.61. The molecule has 0 aromatic heterocycles. The van der Waals surface area contributed by atoms with Crippen molar-refractivity contribution < 1.29 is 17.9 Å². The molecule has 28 heavy (non-hydrogen) atoms. The number of nitrogens with zero attached hydrogens (tertiary/aromatic N) is 1. The van der Waals surface area contributed by atoms with E-state index in [1.807, 2.05) is 6.07 Å². The van der Waals surface area contributed by atoms with Gasteiger partial charge in [0.1, 0.15) is 4.90 Å². The standard InChI is InChI=1S/C19H22Cl2N2O4S/c1-27-11-5-10-22-19(24)14-23(13-15-6-3-2-4-7-15)28(25,26)18-12-16(20)8-9-17(18)21/h2-4,6-9,12H,5,10-11,13-14H2,1H3,(H,22,24). The van der Waals surface area contributed by atoms with Gasteiger partial charge in [-0.05, 0) is 30.2 Å². The van der Waals surface area contributed by atoms with Crippen molar-refractivity contribution in [2.24, 2.45) is 0 Å². The summed E-state index contributed by atoms with van der Waals surface area (Å²) in [6, 6.07) is 13.2. The van der Waals surface area contributed by atoms with Crippen molar-refractivity contribution in [3.63, 3.8) is 0 Å². The monoisotopic (exact) mass is 444 g/mol. The van der Waals surface area contributed by atoms with E-state index in [9.17, 15) is 13.2 Å². The number of amides is 1. The van der Waals surface area contributed by atoms with Crippen molar-refractivity contribution in [2.45, 2.75) is 17.9 Å². The quantitative estimate of drug-likeness (QED) is 0.570. The van der Waals surface area contributed by atoms with E-state index in [-0.39, 0.29) is 28.0 Å². The molecule has 1 N–H and O–H groups in total. The normalized spacial score (nSPS) is 11.6. The Hall–Kier alpha value is -1.64. The van der Waals surface area contributed by atoms with Gasteiger partial charge in [-0.15, -0.1) is 0 Å². The molecule has 0 aliphatic heterocycles. The Morgan fingerprint density at radius 3 is 2.54 bits per heavy atom. The number of sulfonamides is 1. The van der Waals surface area contributed by atoms with Gasteiger partial charge in [-0.2, -0.15) is 4.31 Å². The highest BCUT2D eigenvalue weighted by molar-refractivity contribution is 7.89. The van der Waals surface area contributed by atoms with Gasteiger partial charge in [0.15, 0.2) is 0 Å². The lowest BCUT2D eigenvalue weighted by Gasteiger charge is -2.22. The Labute approximate surface area is 175 Å². The van der Waals surface area contributed by atoms with E-state index in [1.54, 1.807) is 31.4 Å². The number of rotatable bonds is 10. The highest BCUT2D eigenvalue weighted by Gasteiger charge is 2.29. The third kappa shape index (κ3) is 6.46. The number of benzene rings is 2. The largest absolute Gasteiger partial charge is 0.385 e. The van der Waals surface area contributed by atoms with Crippen LogP contribution in [0.15, 0.2) is 53.4 Å². The number of hydrogen-bond donors (Lipinski definition) is 1. The maximum atomic E-state index is 13.2. The average Bonchev–Trinajstić information content (AvgIpc) is 2.67. The number of ether oxygens (including phenoxy) is 1. The highest BCUT2D eigenvalue weighted by Crippen LogP contribution is 2.28. The predicted octanol–water partition coefficient (Wildman–Crippen LogP) is 3.34. The first-order valence-electron chi connectivity index (χ1n) is 8.59. The van der Waals surface area contributed by atoms with Crippen LogP contribution in [0.25, 0.3) is 0 Å². The molecule has 0 heterocycles. The summed E-state index contributed by atoms with van der Waals surface area (Å²) in [6.07, 6.45) is 0.633. The molecule has 0 aliphatic carbocycles. The summed E-state index contributed by atoms with van der Waals surface area (Å²) in [5, 5.41) is 2.99. The van der Waals surface area contributed by atoms with Crippen LogP contribution in [0.2, 0.25) is 10.0 Å². The lowest BCUT2D eigenvalue weighted by atomic mass is 10.2. The maximum absolute atomic E-state index is 13.2. The van der Waals surface area contributed by atoms with Crippen LogP contribution < -0.4 is 5.32 Å². The topological polar surface area (TPSA) is 75.7 Å². The molecular weight excluding hydrogens is 423 g/mol. The second-order valence-corrected chi connectivity index (χ2v) is 8.78. The lowest BCUT2D eigenvalue weighted by Crippen LogP contribution is -2.40. The second-order valence-electron chi connectivity index (χ2n) is 6.03. The van der Waals surface area contributed by atoms with Crippen LogP contribution in [0, 0.1) is 0 Å². The van der Waals surface area contributed by atoms with Gasteiger partial charge in [0.2, 0.25) is 15.9 Å². The molecule has 1 amide bonds. The van der Waals surface area contributed by atoms with Crippen molar-refractivity contribution in [3.8, 4) is 0 Å².